The van der Waals surface area contributed by atoms with Gasteiger partial charge >= 0.3 is 7.60 Å². The Morgan fingerprint density at radius 3 is 2.40 bits per heavy atom. The number of rotatable bonds is 4. The van der Waals surface area contributed by atoms with Crippen molar-refractivity contribution in [1.82, 2.24) is 10.2 Å². The van der Waals surface area contributed by atoms with E-state index in [4.69, 9.17) is 14.3 Å². The minimum atomic E-state index is -3.57. The molecule has 0 fully saturated rings. The first kappa shape index (κ1) is 14.3. The highest BCUT2D eigenvalue weighted by Gasteiger charge is 2.32. The number of hydrogen-bond donors (Lipinski definition) is 2. The SMILES string of the molecule is COP(=O)(OC)c1[nH]nc(C#N)c1-c1ccc(O)cc1. The van der Waals surface area contributed by atoms with Crippen molar-refractivity contribution in [1.29, 1.82) is 5.26 Å². The van der Waals surface area contributed by atoms with Crippen LogP contribution in [0.25, 0.3) is 11.1 Å². The van der Waals surface area contributed by atoms with Gasteiger partial charge in [-0.25, -0.2) is 0 Å². The van der Waals surface area contributed by atoms with Gasteiger partial charge in [-0.3, -0.25) is 9.66 Å². The van der Waals surface area contributed by atoms with Gasteiger partial charge in [0.15, 0.2) is 11.1 Å². The number of phenolic OH excluding ortho intramolecular Hbond substituents is 1. The number of aromatic amines is 1. The summed E-state index contributed by atoms with van der Waals surface area (Å²) < 4.78 is 22.3. The van der Waals surface area contributed by atoms with Crippen LogP contribution in [0.5, 0.6) is 5.75 Å². The molecule has 20 heavy (non-hydrogen) atoms. The number of benzene rings is 1. The molecule has 7 nitrogen and oxygen atoms in total. The van der Waals surface area contributed by atoms with Gasteiger partial charge in [0.05, 0.1) is 5.56 Å². The molecule has 0 amide bonds. The van der Waals surface area contributed by atoms with Crippen LogP contribution in [0.15, 0.2) is 24.3 Å². The molecule has 104 valence electrons. The van der Waals surface area contributed by atoms with Crippen LogP contribution in [0.2, 0.25) is 0 Å². The zero-order valence-electron chi connectivity index (χ0n) is 10.8. The summed E-state index contributed by atoms with van der Waals surface area (Å²) in [5.41, 5.74) is 1.07. The molecule has 2 N–H and O–H groups in total. The van der Waals surface area contributed by atoms with Crippen LogP contribution in [-0.2, 0) is 13.6 Å². The topological polar surface area (TPSA) is 108 Å². The second-order valence-corrected chi connectivity index (χ2v) is 5.99. The molecule has 2 aromatic rings. The molecular formula is C12H12N3O4P. The van der Waals surface area contributed by atoms with E-state index in [1.165, 1.54) is 26.4 Å². The van der Waals surface area contributed by atoms with Gasteiger partial charge in [0.25, 0.3) is 0 Å². The van der Waals surface area contributed by atoms with Crippen molar-refractivity contribution in [2.45, 2.75) is 0 Å². The summed E-state index contributed by atoms with van der Waals surface area (Å²) >= 11 is 0. The molecule has 0 atom stereocenters. The summed E-state index contributed by atoms with van der Waals surface area (Å²) in [4.78, 5) is 0. The maximum atomic E-state index is 12.5. The number of nitrogens with zero attached hydrogens (tertiary/aromatic N) is 2. The summed E-state index contributed by atoms with van der Waals surface area (Å²) in [5, 5.41) is 24.8. The van der Waals surface area contributed by atoms with Crippen molar-refractivity contribution in [3.8, 4) is 22.9 Å². The van der Waals surface area contributed by atoms with Gasteiger partial charge in [-0.05, 0) is 17.7 Å². The predicted molar refractivity (Wildman–Crippen MR) is 71.7 cm³/mol. The van der Waals surface area contributed by atoms with Crippen LogP contribution >= 0.6 is 7.60 Å². The first-order valence-corrected chi connectivity index (χ1v) is 7.10. The minimum Gasteiger partial charge on any atom is -0.508 e. The Hall–Kier alpha value is -2.13. The molecule has 0 unspecified atom stereocenters. The standard InChI is InChI=1S/C12H12N3O4P/c1-18-20(17,19-2)12-11(10(7-13)14-15-12)8-3-5-9(16)6-4-8/h3-6,16H,1-2H3,(H,14,15). The number of aromatic hydroxyl groups is 1. The lowest BCUT2D eigenvalue weighted by Gasteiger charge is -2.13. The van der Waals surface area contributed by atoms with Crippen molar-refractivity contribution < 1.29 is 18.7 Å². The average Bonchev–Trinajstić information content (AvgIpc) is 2.91. The zero-order chi connectivity index (χ0) is 14.8. The molecule has 1 heterocycles. The Labute approximate surface area is 115 Å². The van der Waals surface area contributed by atoms with E-state index in [9.17, 15) is 9.67 Å². The number of phenols is 1. The fourth-order valence-corrected chi connectivity index (χ4v) is 2.97. The molecular weight excluding hydrogens is 281 g/mol. The second-order valence-electron chi connectivity index (χ2n) is 3.82. The summed E-state index contributed by atoms with van der Waals surface area (Å²) in [5.74, 6) is 0.0824. The average molecular weight is 293 g/mol. The molecule has 0 radical (unpaired) electrons. The monoisotopic (exact) mass is 293 g/mol. The largest absolute Gasteiger partial charge is 0.508 e. The molecule has 8 heteroatoms. The highest BCUT2D eigenvalue weighted by molar-refractivity contribution is 7.62. The first-order valence-electron chi connectivity index (χ1n) is 5.55. The van der Waals surface area contributed by atoms with Crippen LogP contribution in [0.1, 0.15) is 5.69 Å². The van der Waals surface area contributed by atoms with E-state index in [1.54, 1.807) is 12.1 Å². The fourth-order valence-electron chi connectivity index (χ4n) is 1.77. The molecule has 0 bridgehead atoms. The maximum absolute atomic E-state index is 12.5. The summed E-state index contributed by atoms with van der Waals surface area (Å²) in [6, 6.07) is 7.99. The normalized spacial score (nSPS) is 11.2. The van der Waals surface area contributed by atoms with E-state index in [1.807, 2.05) is 6.07 Å². The van der Waals surface area contributed by atoms with E-state index in [0.29, 0.717) is 11.1 Å². The third-order valence-corrected chi connectivity index (χ3v) is 4.60. The van der Waals surface area contributed by atoms with Gasteiger partial charge in [-0.15, -0.1) is 0 Å². The quantitative estimate of drug-likeness (QED) is 0.831. The van der Waals surface area contributed by atoms with Gasteiger partial charge in [-0.1, -0.05) is 12.1 Å². The van der Waals surface area contributed by atoms with Crippen molar-refractivity contribution in [3.05, 3.63) is 30.0 Å². The lowest BCUT2D eigenvalue weighted by molar-refractivity contribution is 0.286. The van der Waals surface area contributed by atoms with E-state index < -0.39 is 7.60 Å². The van der Waals surface area contributed by atoms with Crippen molar-refractivity contribution in [3.63, 3.8) is 0 Å². The fraction of sp³-hybridized carbons (Fsp3) is 0.167. The summed E-state index contributed by atoms with van der Waals surface area (Å²) in [6.45, 7) is 0. The van der Waals surface area contributed by atoms with Gasteiger partial charge in [0.2, 0.25) is 0 Å². The van der Waals surface area contributed by atoms with Gasteiger partial charge in [0.1, 0.15) is 11.8 Å². The van der Waals surface area contributed by atoms with E-state index in [-0.39, 0.29) is 16.9 Å². The predicted octanol–water partition coefficient (Wildman–Crippen LogP) is 1.77. The molecule has 0 aliphatic carbocycles. The lowest BCUT2D eigenvalue weighted by atomic mass is 10.1. The van der Waals surface area contributed by atoms with Gasteiger partial charge in [-0.2, -0.15) is 10.4 Å². The third-order valence-electron chi connectivity index (χ3n) is 2.76. The maximum Gasteiger partial charge on any atom is 0.379 e. The molecule has 0 spiro atoms. The van der Waals surface area contributed by atoms with Crippen molar-refractivity contribution >= 4 is 13.0 Å². The number of nitrogens with one attached hydrogen (secondary N) is 1. The third kappa shape index (κ3) is 2.32. The highest BCUT2D eigenvalue weighted by Crippen LogP contribution is 2.47. The van der Waals surface area contributed by atoms with Crippen LogP contribution in [0.3, 0.4) is 0 Å². The van der Waals surface area contributed by atoms with E-state index in [0.717, 1.165) is 0 Å². The smallest absolute Gasteiger partial charge is 0.379 e. The van der Waals surface area contributed by atoms with Crippen LogP contribution in [-0.4, -0.2) is 29.5 Å². The molecule has 0 aliphatic heterocycles. The summed E-state index contributed by atoms with van der Waals surface area (Å²) in [6.07, 6.45) is 0. The highest BCUT2D eigenvalue weighted by atomic mass is 31.2. The molecule has 0 saturated heterocycles. The van der Waals surface area contributed by atoms with Crippen molar-refractivity contribution in [2.75, 3.05) is 14.2 Å². The number of nitriles is 1. The zero-order valence-corrected chi connectivity index (χ0v) is 11.7. The molecule has 1 aromatic carbocycles. The first-order chi connectivity index (χ1) is 9.55. The van der Waals surface area contributed by atoms with Crippen LogP contribution in [0, 0.1) is 11.3 Å². The lowest BCUT2D eigenvalue weighted by Crippen LogP contribution is -2.12. The molecule has 1 aromatic heterocycles. The van der Waals surface area contributed by atoms with Crippen LogP contribution in [0.4, 0.5) is 0 Å². The Bertz CT molecular complexity index is 694. The molecule has 0 aliphatic rings. The molecule has 0 saturated carbocycles. The summed E-state index contributed by atoms with van der Waals surface area (Å²) in [7, 11) is -1.08. The second kappa shape index (κ2) is 5.47. The Kier molecular flexibility index (Phi) is 3.91. The number of aromatic nitrogens is 2. The Balaban J connectivity index is 2.68. The van der Waals surface area contributed by atoms with E-state index >= 15 is 0 Å². The molecule has 2 rings (SSSR count). The van der Waals surface area contributed by atoms with Gasteiger partial charge in [0, 0.05) is 14.2 Å². The number of hydrogen-bond acceptors (Lipinski definition) is 6. The minimum absolute atomic E-state index is 0.0695. The Morgan fingerprint density at radius 1 is 1.30 bits per heavy atom. The van der Waals surface area contributed by atoms with Crippen molar-refractivity contribution in [2.24, 2.45) is 0 Å². The van der Waals surface area contributed by atoms with E-state index in [2.05, 4.69) is 10.2 Å². The Morgan fingerprint density at radius 2 is 1.90 bits per heavy atom. The number of H-pyrrole nitrogens is 1. The van der Waals surface area contributed by atoms with Gasteiger partial charge < -0.3 is 14.2 Å². The van der Waals surface area contributed by atoms with Crippen LogP contribution < -0.4 is 5.44 Å².